The number of carbonyl (C=O) groups is 1. The molecule has 5 nitrogen and oxygen atoms in total. The summed E-state index contributed by atoms with van der Waals surface area (Å²) in [5.41, 5.74) is 1.82. The molecule has 1 aromatic carbocycles. The van der Waals surface area contributed by atoms with E-state index in [0.29, 0.717) is 6.54 Å². The van der Waals surface area contributed by atoms with E-state index >= 15 is 0 Å². The Morgan fingerprint density at radius 1 is 1.30 bits per heavy atom. The second-order valence-corrected chi connectivity index (χ2v) is 4.22. The van der Waals surface area contributed by atoms with Crippen LogP contribution in [0.2, 0.25) is 0 Å². The summed E-state index contributed by atoms with van der Waals surface area (Å²) in [7, 11) is 1.61. The van der Waals surface area contributed by atoms with Gasteiger partial charge in [0.15, 0.2) is 0 Å². The van der Waals surface area contributed by atoms with Gasteiger partial charge in [0.05, 0.1) is 13.7 Å². The molecule has 1 heterocycles. The van der Waals surface area contributed by atoms with E-state index in [1.54, 1.807) is 19.5 Å². The highest BCUT2D eigenvalue weighted by Gasteiger charge is 2.02. The van der Waals surface area contributed by atoms with E-state index in [2.05, 4.69) is 15.6 Å². The molecule has 0 radical (unpaired) electrons. The molecule has 0 spiro atoms. The maximum Gasteiger partial charge on any atom is 0.239 e. The normalized spacial score (nSPS) is 9.85. The van der Waals surface area contributed by atoms with Crippen LogP contribution in [0.25, 0.3) is 0 Å². The molecule has 0 saturated carbocycles. The number of amides is 1. The van der Waals surface area contributed by atoms with Crippen molar-refractivity contribution < 1.29 is 9.53 Å². The maximum atomic E-state index is 11.7. The highest BCUT2D eigenvalue weighted by Crippen LogP contribution is 2.16. The molecule has 1 amide bonds. The molecule has 104 valence electrons. The Bertz CT molecular complexity index is 558. The Hall–Kier alpha value is -2.56. The van der Waals surface area contributed by atoms with Gasteiger partial charge in [-0.2, -0.15) is 0 Å². The van der Waals surface area contributed by atoms with Crippen LogP contribution in [0, 0.1) is 0 Å². The minimum Gasteiger partial charge on any atom is -0.497 e. The van der Waals surface area contributed by atoms with Crippen LogP contribution < -0.4 is 15.4 Å². The van der Waals surface area contributed by atoms with Gasteiger partial charge in [-0.3, -0.25) is 9.78 Å². The number of pyridine rings is 1. The van der Waals surface area contributed by atoms with E-state index in [0.717, 1.165) is 17.0 Å². The van der Waals surface area contributed by atoms with Crippen LogP contribution in [-0.2, 0) is 11.3 Å². The predicted molar refractivity (Wildman–Crippen MR) is 77.6 cm³/mol. The van der Waals surface area contributed by atoms with E-state index < -0.39 is 0 Å². The van der Waals surface area contributed by atoms with Crippen LogP contribution >= 0.6 is 0 Å². The molecule has 0 aliphatic carbocycles. The van der Waals surface area contributed by atoms with Crippen molar-refractivity contribution in [2.45, 2.75) is 6.54 Å². The van der Waals surface area contributed by atoms with Crippen LogP contribution in [0.1, 0.15) is 5.56 Å². The summed E-state index contributed by atoms with van der Waals surface area (Å²) in [4.78, 5) is 15.7. The molecule has 0 aliphatic heterocycles. The number of nitrogens with zero attached hydrogens (tertiary/aromatic N) is 1. The molecule has 0 saturated heterocycles. The first-order chi connectivity index (χ1) is 9.78. The Labute approximate surface area is 118 Å². The van der Waals surface area contributed by atoms with E-state index in [4.69, 9.17) is 4.74 Å². The van der Waals surface area contributed by atoms with Gasteiger partial charge in [-0.15, -0.1) is 0 Å². The number of aromatic nitrogens is 1. The minimum absolute atomic E-state index is 0.0725. The summed E-state index contributed by atoms with van der Waals surface area (Å²) in [6.07, 6.45) is 3.44. The second-order valence-electron chi connectivity index (χ2n) is 4.22. The van der Waals surface area contributed by atoms with Gasteiger partial charge in [0, 0.05) is 30.7 Å². The molecule has 2 N–H and O–H groups in total. The minimum atomic E-state index is -0.0725. The summed E-state index contributed by atoms with van der Waals surface area (Å²) in [6.45, 7) is 0.694. The molecular formula is C15H17N3O2. The summed E-state index contributed by atoms with van der Waals surface area (Å²) >= 11 is 0. The molecule has 1 aromatic heterocycles. The highest BCUT2D eigenvalue weighted by molar-refractivity contribution is 5.80. The van der Waals surface area contributed by atoms with Gasteiger partial charge in [-0.25, -0.2) is 0 Å². The maximum absolute atomic E-state index is 11.7. The van der Waals surface area contributed by atoms with Crippen molar-refractivity contribution in [3.8, 4) is 5.75 Å². The van der Waals surface area contributed by atoms with Gasteiger partial charge < -0.3 is 15.4 Å². The molecule has 2 rings (SSSR count). The van der Waals surface area contributed by atoms with Gasteiger partial charge in [0.1, 0.15) is 5.75 Å². The largest absolute Gasteiger partial charge is 0.497 e. The molecule has 2 aromatic rings. The Morgan fingerprint density at radius 2 is 2.20 bits per heavy atom. The third-order valence-electron chi connectivity index (χ3n) is 2.74. The quantitative estimate of drug-likeness (QED) is 0.841. The zero-order chi connectivity index (χ0) is 14.2. The van der Waals surface area contributed by atoms with Crippen molar-refractivity contribution in [1.82, 2.24) is 10.3 Å². The van der Waals surface area contributed by atoms with Crippen LogP contribution in [0.15, 0.2) is 48.8 Å². The first-order valence-corrected chi connectivity index (χ1v) is 6.31. The zero-order valence-electron chi connectivity index (χ0n) is 11.3. The number of carbonyl (C=O) groups excluding carboxylic acids is 1. The lowest BCUT2D eigenvalue weighted by Gasteiger charge is -2.08. The monoisotopic (exact) mass is 271 g/mol. The fourth-order valence-electron chi connectivity index (χ4n) is 1.68. The number of methoxy groups -OCH3 is 1. The third-order valence-corrected chi connectivity index (χ3v) is 2.74. The molecule has 0 atom stereocenters. The smallest absolute Gasteiger partial charge is 0.239 e. The Balaban J connectivity index is 1.77. The average Bonchev–Trinajstić information content (AvgIpc) is 2.52. The highest BCUT2D eigenvalue weighted by atomic mass is 16.5. The van der Waals surface area contributed by atoms with Crippen molar-refractivity contribution in [2.24, 2.45) is 0 Å². The van der Waals surface area contributed by atoms with E-state index in [-0.39, 0.29) is 12.5 Å². The average molecular weight is 271 g/mol. The number of hydrogen-bond donors (Lipinski definition) is 2. The molecule has 0 bridgehead atoms. The van der Waals surface area contributed by atoms with Gasteiger partial charge in [0.25, 0.3) is 0 Å². The first kappa shape index (κ1) is 13.9. The number of nitrogens with one attached hydrogen (secondary N) is 2. The zero-order valence-corrected chi connectivity index (χ0v) is 11.3. The van der Waals surface area contributed by atoms with Crippen molar-refractivity contribution in [3.63, 3.8) is 0 Å². The number of benzene rings is 1. The van der Waals surface area contributed by atoms with Crippen LogP contribution in [-0.4, -0.2) is 24.5 Å². The molecule has 0 unspecified atom stereocenters. The van der Waals surface area contributed by atoms with E-state index in [1.165, 1.54) is 0 Å². The van der Waals surface area contributed by atoms with Gasteiger partial charge in [-0.1, -0.05) is 12.1 Å². The molecule has 0 fully saturated rings. The second kappa shape index (κ2) is 7.13. The number of ether oxygens (including phenoxy) is 1. The lowest BCUT2D eigenvalue weighted by Crippen LogP contribution is -2.29. The molecular weight excluding hydrogens is 254 g/mol. The van der Waals surface area contributed by atoms with Crippen LogP contribution in [0.5, 0.6) is 5.75 Å². The van der Waals surface area contributed by atoms with Crippen LogP contribution in [0.4, 0.5) is 5.69 Å². The van der Waals surface area contributed by atoms with Crippen molar-refractivity contribution in [3.05, 3.63) is 54.4 Å². The van der Waals surface area contributed by atoms with E-state index in [1.807, 2.05) is 36.4 Å². The van der Waals surface area contributed by atoms with Crippen LogP contribution in [0.3, 0.4) is 0 Å². The molecule has 5 heteroatoms. The molecule has 20 heavy (non-hydrogen) atoms. The van der Waals surface area contributed by atoms with Crippen molar-refractivity contribution in [2.75, 3.05) is 19.0 Å². The Kier molecular flexibility index (Phi) is 4.94. The fraction of sp³-hybridized carbons (Fsp3) is 0.200. The van der Waals surface area contributed by atoms with Gasteiger partial charge in [0.2, 0.25) is 5.91 Å². The first-order valence-electron chi connectivity index (χ1n) is 6.31. The van der Waals surface area contributed by atoms with Gasteiger partial charge >= 0.3 is 0 Å². The predicted octanol–water partition coefficient (Wildman–Crippen LogP) is 1.82. The lowest BCUT2D eigenvalue weighted by molar-refractivity contribution is -0.119. The lowest BCUT2D eigenvalue weighted by atomic mass is 10.3. The summed E-state index contributed by atoms with van der Waals surface area (Å²) in [6, 6.07) is 11.2. The summed E-state index contributed by atoms with van der Waals surface area (Å²) < 4.78 is 5.12. The number of rotatable bonds is 6. The summed E-state index contributed by atoms with van der Waals surface area (Å²) in [5, 5.41) is 5.87. The SMILES string of the molecule is COc1cccc(NCC(=O)NCc2cccnc2)c1. The van der Waals surface area contributed by atoms with Crippen molar-refractivity contribution in [1.29, 1.82) is 0 Å². The van der Waals surface area contributed by atoms with Crippen molar-refractivity contribution >= 4 is 11.6 Å². The van der Waals surface area contributed by atoms with E-state index in [9.17, 15) is 4.79 Å². The Morgan fingerprint density at radius 3 is 2.95 bits per heavy atom. The standard InChI is InChI=1S/C15H17N3O2/c1-20-14-6-2-5-13(8-14)17-11-15(19)18-10-12-4-3-7-16-9-12/h2-9,17H,10-11H2,1H3,(H,18,19). The number of anilines is 1. The third kappa shape index (κ3) is 4.28. The summed E-state index contributed by atoms with van der Waals surface area (Å²) in [5.74, 6) is 0.683. The molecule has 0 aliphatic rings. The number of hydrogen-bond acceptors (Lipinski definition) is 4. The fourth-order valence-corrected chi connectivity index (χ4v) is 1.68. The topological polar surface area (TPSA) is 63.2 Å². The van der Waals surface area contributed by atoms with Gasteiger partial charge in [-0.05, 0) is 23.8 Å².